The molecule has 3 aromatic heterocycles. The molecule has 0 saturated heterocycles. The number of thioether (sulfide) groups is 1. The van der Waals surface area contributed by atoms with Crippen LogP contribution in [0.2, 0.25) is 0 Å². The molecule has 0 amide bonds. The highest BCUT2D eigenvalue weighted by molar-refractivity contribution is 7.98. The van der Waals surface area contributed by atoms with E-state index in [-0.39, 0.29) is 0 Å². The molecule has 7 heteroatoms. The van der Waals surface area contributed by atoms with Crippen molar-refractivity contribution in [2.45, 2.75) is 37.7 Å². The monoisotopic (exact) mass is 396 g/mol. The fourth-order valence-corrected chi connectivity index (χ4v) is 4.68. The molecule has 138 valence electrons. The molecule has 27 heavy (non-hydrogen) atoms. The number of hydrogen-bond acceptors (Lipinski definition) is 6. The summed E-state index contributed by atoms with van der Waals surface area (Å²) in [5.74, 6) is 1.82. The minimum atomic E-state index is 0.601. The maximum atomic E-state index is 5.87. The first-order valence-electron chi connectivity index (χ1n) is 8.83. The van der Waals surface area contributed by atoms with Crippen LogP contribution in [-0.2, 0) is 18.7 Å². The van der Waals surface area contributed by atoms with Crippen molar-refractivity contribution in [2.75, 3.05) is 0 Å². The van der Waals surface area contributed by atoms with Crippen molar-refractivity contribution >= 4 is 23.1 Å². The first-order chi connectivity index (χ1) is 13.2. The maximum absolute atomic E-state index is 5.87. The molecule has 3 heterocycles. The van der Waals surface area contributed by atoms with Crippen LogP contribution < -0.4 is 0 Å². The van der Waals surface area contributed by atoms with Crippen LogP contribution in [0.25, 0.3) is 10.8 Å². The van der Waals surface area contributed by atoms with E-state index in [1.807, 2.05) is 18.5 Å². The fourth-order valence-electron chi connectivity index (χ4n) is 2.85. The topological polar surface area (TPSA) is 56.7 Å². The number of benzene rings is 1. The Morgan fingerprint density at radius 2 is 2.04 bits per heavy atom. The lowest BCUT2D eigenvalue weighted by Gasteiger charge is -2.06. The van der Waals surface area contributed by atoms with Crippen LogP contribution in [0.3, 0.4) is 0 Å². The van der Waals surface area contributed by atoms with Crippen LogP contribution in [0.4, 0.5) is 0 Å². The van der Waals surface area contributed by atoms with Gasteiger partial charge in [0.2, 0.25) is 5.89 Å². The van der Waals surface area contributed by atoms with Crippen molar-refractivity contribution in [3.63, 3.8) is 0 Å². The normalized spacial score (nSPS) is 11.2. The molecule has 0 atom stereocenters. The van der Waals surface area contributed by atoms with Gasteiger partial charge in [0.1, 0.15) is 0 Å². The van der Waals surface area contributed by atoms with Gasteiger partial charge >= 0.3 is 0 Å². The van der Waals surface area contributed by atoms with Crippen LogP contribution >= 0.6 is 23.1 Å². The number of thiophene rings is 1. The number of aryl methyl sites for hydroxylation is 2. The van der Waals surface area contributed by atoms with E-state index in [0.717, 1.165) is 23.0 Å². The highest BCUT2D eigenvalue weighted by Crippen LogP contribution is 2.31. The molecule has 0 N–H and O–H groups in total. The lowest BCUT2D eigenvalue weighted by atomic mass is 10.2. The molecule has 0 bridgehead atoms. The molecule has 0 spiro atoms. The minimum Gasteiger partial charge on any atom is -0.419 e. The van der Waals surface area contributed by atoms with Crippen molar-refractivity contribution in [1.82, 2.24) is 19.7 Å². The van der Waals surface area contributed by atoms with E-state index in [1.165, 1.54) is 16.0 Å². The molecule has 1 aromatic carbocycles. The molecular formula is C20H20N4OS2. The van der Waals surface area contributed by atoms with Crippen LogP contribution in [-0.4, -0.2) is 19.7 Å². The average Bonchev–Trinajstić information content (AvgIpc) is 3.40. The third-order valence-corrected chi connectivity index (χ3v) is 6.58. The predicted molar refractivity (Wildman–Crippen MR) is 109 cm³/mol. The zero-order valence-electron chi connectivity index (χ0n) is 15.3. The van der Waals surface area contributed by atoms with Crippen molar-refractivity contribution in [2.24, 2.45) is 0 Å². The third kappa shape index (κ3) is 4.14. The Kier molecular flexibility index (Phi) is 5.40. The van der Waals surface area contributed by atoms with Gasteiger partial charge in [-0.1, -0.05) is 49.0 Å². The molecule has 0 aliphatic heterocycles. The third-order valence-electron chi connectivity index (χ3n) is 4.22. The Labute approximate surface area is 166 Å². The van der Waals surface area contributed by atoms with Gasteiger partial charge in [-0.3, -0.25) is 0 Å². The van der Waals surface area contributed by atoms with E-state index in [0.29, 0.717) is 17.5 Å². The fraction of sp³-hybridized carbons (Fsp3) is 0.250. The molecule has 0 aliphatic carbocycles. The molecule has 0 fully saturated rings. The van der Waals surface area contributed by atoms with E-state index in [2.05, 4.69) is 63.9 Å². The highest BCUT2D eigenvalue weighted by atomic mass is 32.2. The van der Waals surface area contributed by atoms with Gasteiger partial charge in [-0.15, -0.1) is 21.5 Å². The van der Waals surface area contributed by atoms with Crippen LogP contribution in [0.1, 0.15) is 28.8 Å². The lowest BCUT2D eigenvalue weighted by Crippen LogP contribution is -2.00. The largest absolute Gasteiger partial charge is 0.419 e. The first kappa shape index (κ1) is 18.0. The highest BCUT2D eigenvalue weighted by Gasteiger charge is 2.14. The summed E-state index contributed by atoms with van der Waals surface area (Å²) in [5, 5.41) is 9.36. The molecule has 0 aliphatic rings. The van der Waals surface area contributed by atoms with Gasteiger partial charge in [0.05, 0.1) is 10.6 Å². The second kappa shape index (κ2) is 8.10. The van der Waals surface area contributed by atoms with Gasteiger partial charge in [0.15, 0.2) is 5.16 Å². The predicted octanol–water partition coefficient (Wildman–Crippen LogP) is 5.21. The molecule has 4 rings (SSSR count). The molecule has 5 nitrogen and oxygen atoms in total. The number of aromatic nitrogens is 4. The Bertz CT molecular complexity index is 1020. The van der Waals surface area contributed by atoms with Gasteiger partial charge in [-0.2, -0.15) is 0 Å². The number of rotatable bonds is 7. The summed E-state index contributed by atoms with van der Waals surface area (Å²) in [5.41, 5.74) is 2.53. The standard InChI is InChI=1S/C20H20N4OS2/c1-3-16-14(2)11-17(27-16)19-23-22-18(25-19)13-26-20-21-9-10-24(20)12-15-7-5-4-6-8-15/h4-11H,3,12-13H2,1-2H3. The van der Waals surface area contributed by atoms with Gasteiger partial charge in [0, 0.05) is 23.8 Å². The van der Waals surface area contributed by atoms with Gasteiger partial charge in [0.25, 0.3) is 5.89 Å². The Hall–Kier alpha value is -2.38. The number of nitrogens with zero attached hydrogens (tertiary/aromatic N) is 4. The minimum absolute atomic E-state index is 0.601. The first-order valence-corrected chi connectivity index (χ1v) is 10.6. The Morgan fingerprint density at radius 3 is 2.81 bits per heavy atom. The Morgan fingerprint density at radius 1 is 1.19 bits per heavy atom. The van der Waals surface area contributed by atoms with Crippen molar-refractivity contribution in [1.29, 1.82) is 0 Å². The summed E-state index contributed by atoms with van der Waals surface area (Å²) < 4.78 is 8.00. The molecule has 0 saturated carbocycles. The van der Waals surface area contributed by atoms with Gasteiger partial charge in [-0.05, 0) is 30.5 Å². The summed E-state index contributed by atoms with van der Waals surface area (Å²) in [6.07, 6.45) is 4.85. The lowest BCUT2D eigenvalue weighted by molar-refractivity contribution is 0.529. The zero-order chi connectivity index (χ0) is 18.6. The van der Waals surface area contributed by atoms with Gasteiger partial charge in [-0.25, -0.2) is 4.98 Å². The van der Waals surface area contributed by atoms with Crippen molar-refractivity contribution in [3.8, 4) is 10.8 Å². The summed E-state index contributed by atoms with van der Waals surface area (Å²) in [6.45, 7) is 5.08. The summed E-state index contributed by atoms with van der Waals surface area (Å²) in [7, 11) is 0. The zero-order valence-corrected chi connectivity index (χ0v) is 16.9. The maximum Gasteiger partial charge on any atom is 0.257 e. The molecular weight excluding hydrogens is 376 g/mol. The van der Waals surface area contributed by atoms with E-state index in [1.54, 1.807) is 23.1 Å². The van der Waals surface area contributed by atoms with Crippen LogP contribution in [0.5, 0.6) is 0 Å². The van der Waals surface area contributed by atoms with E-state index in [9.17, 15) is 0 Å². The summed E-state index contributed by atoms with van der Waals surface area (Å²) in [4.78, 5) is 6.86. The van der Waals surface area contributed by atoms with E-state index >= 15 is 0 Å². The molecule has 4 aromatic rings. The molecule has 0 radical (unpaired) electrons. The van der Waals surface area contributed by atoms with Crippen molar-refractivity contribution in [3.05, 3.63) is 70.7 Å². The number of imidazole rings is 1. The SMILES string of the molecule is CCc1sc(-c2nnc(CSc3nccn3Cc3ccccc3)o2)cc1C. The second-order valence-corrected chi connectivity index (χ2v) is 8.26. The number of hydrogen-bond donors (Lipinski definition) is 0. The van der Waals surface area contributed by atoms with Gasteiger partial charge < -0.3 is 8.98 Å². The van der Waals surface area contributed by atoms with Crippen LogP contribution in [0.15, 0.2) is 58.4 Å². The van der Waals surface area contributed by atoms with Crippen LogP contribution in [0, 0.1) is 6.92 Å². The quantitative estimate of drug-likeness (QED) is 0.402. The summed E-state index contributed by atoms with van der Waals surface area (Å²) in [6, 6.07) is 12.5. The Balaban J connectivity index is 1.43. The summed E-state index contributed by atoms with van der Waals surface area (Å²) >= 11 is 3.33. The smallest absolute Gasteiger partial charge is 0.257 e. The van der Waals surface area contributed by atoms with E-state index in [4.69, 9.17) is 4.42 Å². The second-order valence-electron chi connectivity index (χ2n) is 6.18. The molecule has 0 unspecified atom stereocenters. The average molecular weight is 397 g/mol. The van der Waals surface area contributed by atoms with E-state index < -0.39 is 0 Å². The van der Waals surface area contributed by atoms with Crippen molar-refractivity contribution < 1.29 is 4.42 Å².